The van der Waals surface area contributed by atoms with E-state index in [0.29, 0.717) is 12.5 Å². The van der Waals surface area contributed by atoms with Crippen molar-refractivity contribution in [2.45, 2.75) is 32.1 Å². The second-order valence-electron chi connectivity index (χ2n) is 5.27. The summed E-state index contributed by atoms with van der Waals surface area (Å²) >= 11 is 7.09. The van der Waals surface area contributed by atoms with Crippen molar-refractivity contribution in [3.8, 4) is 5.75 Å². The first kappa shape index (κ1) is 16.1. The lowest BCUT2D eigenvalue weighted by molar-refractivity contribution is 0.400. The molecule has 2 rings (SSSR count). The number of nitrogens with two attached hydrogens (primary N) is 1. The quantitative estimate of drug-likeness (QED) is 0.756. The molecule has 0 aliphatic heterocycles. The van der Waals surface area contributed by atoms with E-state index in [2.05, 4.69) is 44.0 Å². The Morgan fingerprint density at radius 1 is 1.30 bits per heavy atom. The second kappa shape index (κ2) is 7.62. The van der Waals surface area contributed by atoms with Gasteiger partial charge in [-0.05, 0) is 46.8 Å². The summed E-state index contributed by atoms with van der Waals surface area (Å²) < 4.78 is 7.51. The van der Waals surface area contributed by atoms with Crippen LogP contribution in [0.25, 0.3) is 6.08 Å². The summed E-state index contributed by atoms with van der Waals surface area (Å²) in [6, 6.07) is 4.08. The third-order valence-corrected chi connectivity index (χ3v) is 4.99. The van der Waals surface area contributed by atoms with Gasteiger partial charge < -0.3 is 10.5 Å². The Morgan fingerprint density at radius 2 is 2.00 bits per heavy atom. The molecule has 1 aromatic carbocycles. The second-order valence-corrected chi connectivity index (χ2v) is 7.04. The maximum atomic E-state index is 5.99. The maximum absolute atomic E-state index is 5.99. The molecule has 0 heterocycles. The van der Waals surface area contributed by atoms with Gasteiger partial charge in [0.05, 0.1) is 11.6 Å². The zero-order valence-electron chi connectivity index (χ0n) is 11.8. The van der Waals surface area contributed by atoms with Crippen molar-refractivity contribution in [1.82, 2.24) is 0 Å². The average molecular weight is 403 g/mol. The lowest BCUT2D eigenvalue weighted by Gasteiger charge is -2.24. The van der Waals surface area contributed by atoms with Crippen LogP contribution in [0.1, 0.15) is 37.7 Å². The van der Waals surface area contributed by atoms with Gasteiger partial charge in [0.1, 0.15) is 5.75 Å². The van der Waals surface area contributed by atoms with Gasteiger partial charge in [-0.3, -0.25) is 0 Å². The van der Waals surface area contributed by atoms with Crippen molar-refractivity contribution in [3.05, 3.63) is 32.2 Å². The van der Waals surface area contributed by atoms with Crippen LogP contribution in [0.2, 0.25) is 0 Å². The molecule has 1 aromatic rings. The minimum Gasteiger partial charge on any atom is -0.495 e. The highest BCUT2D eigenvalue weighted by Crippen LogP contribution is 2.36. The molecule has 2 nitrogen and oxygen atoms in total. The van der Waals surface area contributed by atoms with Crippen molar-refractivity contribution in [3.63, 3.8) is 0 Å². The Bertz CT molecular complexity index is 493. The lowest BCUT2D eigenvalue weighted by Crippen LogP contribution is -2.16. The fourth-order valence-corrected chi connectivity index (χ4v) is 4.34. The summed E-state index contributed by atoms with van der Waals surface area (Å²) in [6.07, 6.45) is 8.74. The highest BCUT2D eigenvalue weighted by Gasteiger charge is 2.18. The summed E-state index contributed by atoms with van der Waals surface area (Å²) in [4.78, 5) is 0. The molecule has 1 saturated carbocycles. The van der Waals surface area contributed by atoms with Crippen molar-refractivity contribution >= 4 is 37.9 Å². The number of ether oxygens (including phenoxy) is 1. The van der Waals surface area contributed by atoms with Gasteiger partial charge in [0.15, 0.2) is 0 Å². The summed E-state index contributed by atoms with van der Waals surface area (Å²) in [7, 11) is 1.70. The SMILES string of the molecule is COc1c(Br)cc(Br)cc1/C=C(/CN)C1CCCCC1. The molecule has 0 bridgehead atoms. The van der Waals surface area contributed by atoms with Gasteiger partial charge in [-0.25, -0.2) is 0 Å². The number of hydrogen-bond acceptors (Lipinski definition) is 2. The Balaban J connectivity index is 2.35. The molecule has 0 saturated heterocycles. The van der Waals surface area contributed by atoms with Crippen LogP contribution in [0.3, 0.4) is 0 Å². The first-order valence-electron chi connectivity index (χ1n) is 7.09. The van der Waals surface area contributed by atoms with Crippen LogP contribution in [0.15, 0.2) is 26.7 Å². The normalized spacial score (nSPS) is 17.3. The molecule has 0 amide bonds. The summed E-state index contributed by atoms with van der Waals surface area (Å²) in [5.74, 6) is 1.51. The van der Waals surface area contributed by atoms with Gasteiger partial charge in [-0.1, -0.05) is 46.8 Å². The van der Waals surface area contributed by atoms with Crippen LogP contribution in [-0.2, 0) is 0 Å². The van der Waals surface area contributed by atoms with E-state index in [1.807, 2.05) is 6.07 Å². The molecular formula is C16H21Br2NO. The van der Waals surface area contributed by atoms with Gasteiger partial charge in [0.25, 0.3) is 0 Å². The maximum Gasteiger partial charge on any atom is 0.140 e. The Hall–Kier alpha value is -0.320. The Morgan fingerprint density at radius 3 is 2.60 bits per heavy atom. The monoisotopic (exact) mass is 401 g/mol. The molecule has 2 N–H and O–H groups in total. The smallest absolute Gasteiger partial charge is 0.140 e. The molecule has 1 aliphatic carbocycles. The number of hydrogen-bond donors (Lipinski definition) is 1. The van der Waals surface area contributed by atoms with E-state index in [1.165, 1.54) is 37.7 Å². The van der Waals surface area contributed by atoms with E-state index in [9.17, 15) is 0 Å². The molecular weight excluding hydrogens is 382 g/mol. The molecule has 0 radical (unpaired) electrons. The predicted octanol–water partition coefficient (Wildman–Crippen LogP) is 5.14. The third kappa shape index (κ3) is 3.86. The van der Waals surface area contributed by atoms with Crippen LogP contribution in [0.5, 0.6) is 5.75 Å². The van der Waals surface area contributed by atoms with E-state index >= 15 is 0 Å². The largest absolute Gasteiger partial charge is 0.495 e. The number of rotatable bonds is 4. The lowest BCUT2D eigenvalue weighted by atomic mass is 9.83. The predicted molar refractivity (Wildman–Crippen MR) is 92.0 cm³/mol. The van der Waals surface area contributed by atoms with E-state index in [4.69, 9.17) is 10.5 Å². The summed E-state index contributed by atoms with van der Waals surface area (Å²) in [6.45, 7) is 0.623. The fraction of sp³-hybridized carbons (Fsp3) is 0.500. The van der Waals surface area contributed by atoms with Crippen molar-refractivity contribution < 1.29 is 4.74 Å². The van der Waals surface area contributed by atoms with E-state index in [1.54, 1.807) is 7.11 Å². The van der Waals surface area contributed by atoms with Crippen LogP contribution in [-0.4, -0.2) is 13.7 Å². The van der Waals surface area contributed by atoms with Crippen molar-refractivity contribution in [1.29, 1.82) is 0 Å². The summed E-state index contributed by atoms with van der Waals surface area (Å²) in [5.41, 5.74) is 8.41. The molecule has 20 heavy (non-hydrogen) atoms. The van der Waals surface area contributed by atoms with Crippen LogP contribution >= 0.6 is 31.9 Å². The van der Waals surface area contributed by atoms with Crippen LogP contribution < -0.4 is 10.5 Å². The first-order chi connectivity index (χ1) is 9.65. The van der Waals surface area contributed by atoms with Crippen LogP contribution in [0, 0.1) is 5.92 Å². The minimum absolute atomic E-state index is 0.623. The Labute approximate surface area is 138 Å². The van der Waals surface area contributed by atoms with Gasteiger partial charge in [0.2, 0.25) is 0 Å². The van der Waals surface area contributed by atoms with Gasteiger partial charge in [-0.2, -0.15) is 0 Å². The topological polar surface area (TPSA) is 35.2 Å². The molecule has 0 aromatic heterocycles. The first-order valence-corrected chi connectivity index (χ1v) is 8.68. The van der Waals surface area contributed by atoms with Crippen LogP contribution in [0.4, 0.5) is 0 Å². The van der Waals surface area contributed by atoms with Crippen molar-refractivity contribution in [2.75, 3.05) is 13.7 Å². The Kier molecular flexibility index (Phi) is 6.12. The fourth-order valence-electron chi connectivity index (χ4n) is 2.92. The van der Waals surface area contributed by atoms with E-state index in [-0.39, 0.29) is 0 Å². The van der Waals surface area contributed by atoms with E-state index in [0.717, 1.165) is 20.3 Å². The molecule has 0 unspecified atom stereocenters. The van der Waals surface area contributed by atoms with Gasteiger partial charge in [0, 0.05) is 16.6 Å². The highest BCUT2D eigenvalue weighted by atomic mass is 79.9. The number of halogens is 2. The zero-order valence-corrected chi connectivity index (χ0v) is 15.0. The zero-order chi connectivity index (χ0) is 14.5. The standard InChI is InChI=1S/C16H21Br2NO/c1-20-16-12(8-14(17)9-15(16)18)7-13(10-19)11-5-3-2-4-6-11/h7-9,11H,2-6,10,19H2,1H3/b13-7-. The molecule has 1 fully saturated rings. The molecule has 1 aliphatic rings. The average Bonchev–Trinajstić information content (AvgIpc) is 2.45. The van der Waals surface area contributed by atoms with E-state index < -0.39 is 0 Å². The minimum atomic E-state index is 0.623. The molecule has 110 valence electrons. The molecule has 4 heteroatoms. The number of methoxy groups -OCH3 is 1. The highest BCUT2D eigenvalue weighted by molar-refractivity contribution is 9.11. The number of benzene rings is 1. The third-order valence-electron chi connectivity index (χ3n) is 3.95. The molecule has 0 spiro atoms. The molecule has 0 atom stereocenters. The summed E-state index contributed by atoms with van der Waals surface area (Å²) in [5, 5.41) is 0. The van der Waals surface area contributed by atoms with Crippen molar-refractivity contribution in [2.24, 2.45) is 11.7 Å². The van der Waals surface area contributed by atoms with Gasteiger partial charge in [-0.15, -0.1) is 0 Å². The van der Waals surface area contributed by atoms with Gasteiger partial charge >= 0.3 is 0 Å².